The zero-order valence-corrected chi connectivity index (χ0v) is 18.3. The van der Waals surface area contributed by atoms with Crippen LogP contribution in [0, 0.1) is 24.1 Å². The largest absolute Gasteiger partial charge is 0.494 e. The van der Waals surface area contributed by atoms with Crippen molar-refractivity contribution in [3.8, 4) is 11.8 Å². The number of benzene rings is 2. The molecule has 6 nitrogen and oxygen atoms in total. The van der Waals surface area contributed by atoms with E-state index in [0.29, 0.717) is 16.2 Å². The fraction of sp³-hybridized carbons (Fsp3) is 0.269. The molecule has 0 amide bonds. The Balaban J connectivity index is 2.21. The number of pyridine rings is 1. The number of carbonyl (C=O) groups is 1. The Morgan fingerprint density at radius 2 is 2.30 bits per heavy atom. The first kappa shape index (κ1) is 15.1. The average molecular weight is 455 g/mol. The number of fused-ring (bicyclic) bond motifs is 1. The molecule has 33 heavy (non-hydrogen) atoms. The number of nitrogens with one attached hydrogen (secondary N) is 1. The van der Waals surface area contributed by atoms with Crippen molar-refractivity contribution in [1.29, 1.82) is 5.26 Å². The number of nitriles is 1. The maximum atomic E-state index is 13.9. The van der Waals surface area contributed by atoms with Crippen LogP contribution in [-0.2, 0) is 11.2 Å². The standard InChI is InChI=1S/C26H27FN4O2/c1-5-33-25-14-24-22(13-18(25)12-21(32)7-6-10-31(3)4)26(19(15-28)16-29-24)30-20-8-9-23(27)17(2)11-20/h6-9,11,13-14,16H,5,10,12H2,1-4H3,(H,29,30)/b7-6+/i3D3,10D2,13D,14D,16D. The highest BCUT2D eigenvalue weighted by Crippen LogP contribution is 2.34. The number of hydrogen-bond donors (Lipinski definition) is 1. The first-order chi connectivity index (χ1) is 19.0. The van der Waals surface area contributed by atoms with Gasteiger partial charge in [0.05, 0.1) is 27.5 Å². The number of aromatic nitrogens is 1. The molecule has 2 aromatic carbocycles. The number of halogens is 1. The molecule has 170 valence electrons. The van der Waals surface area contributed by atoms with Crippen LogP contribution in [-0.4, -0.2) is 42.8 Å². The van der Waals surface area contributed by atoms with Gasteiger partial charge in [-0.1, -0.05) is 6.08 Å². The number of carbonyl (C=O) groups excluding carboxylic acids is 1. The van der Waals surface area contributed by atoms with Crippen LogP contribution in [0.4, 0.5) is 15.8 Å². The average Bonchev–Trinajstić information content (AvgIpc) is 2.89. The summed E-state index contributed by atoms with van der Waals surface area (Å²) in [4.78, 5) is 17.5. The molecular formula is C26H27FN4O2. The molecule has 0 aliphatic carbocycles. The minimum atomic E-state index is -2.76. The molecular weight excluding hydrogens is 419 g/mol. The SMILES string of the molecule is [2H]c1nc2c([2H])c(OCC)c(CC(=O)/C=C/C([2H])([2H])N(C)C([2H])([2H])[2H])c([2H])c2c(Nc2ccc(F)c(C)c2)c1C#N. The van der Waals surface area contributed by atoms with Gasteiger partial charge in [0.15, 0.2) is 5.78 Å². The minimum absolute atomic E-state index is 0.0325. The normalized spacial score (nSPS) is 15.5. The van der Waals surface area contributed by atoms with Gasteiger partial charge in [0.25, 0.3) is 0 Å². The molecule has 1 aromatic heterocycles. The van der Waals surface area contributed by atoms with Gasteiger partial charge in [-0.25, -0.2) is 4.39 Å². The number of ether oxygens (including phenoxy) is 1. The second-order valence-electron chi connectivity index (χ2n) is 7.05. The Morgan fingerprint density at radius 3 is 3.00 bits per heavy atom. The molecule has 7 heteroatoms. The topological polar surface area (TPSA) is 78.2 Å². The van der Waals surface area contributed by atoms with Crippen LogP contribution in [0.15, 0.2) is 48.6 Å². The molecule has 0 radical (unpaired) electrons. The van der Waals surface area contributed by atoms with E-state index in [1.165, 1.54) is 25.1 Å². The van der Waals surface area contributed by atoms with Crippen LogP contribution in [0.1, 0.15) is 34.6 Å². The van der Waals surface area contributed by atoms with Crippen molar-refractivity contribution in [2.45, 2.75) is 20.3 Å². The fourth-order valence-electron chi connectivity index (χ4n) is 3.01. The van der Waals surface area contributed by atoms with Crippen molar-refractivity contribution in [2.24, 2.45) is 0 Å². The quantitative estimate of drug-likeness (QED) is 0.462. The highest BCUT2D eigenvalue weighted by atomic mass is 19.1. The summed E-state index contributed by atoms with van der Waals surface area (Å²) in [6, 6.07) is 5.29. The Hall–Kier alpha value is -3.76. The molecule has 1 N–H and O–H groups in total. The molecule has 0 fully saturated rings. The smallest absolute Gasteiger partial charge is 0.159 e. The third-order valence-electron chi connectivity index (χ3n) is 4.51. The van der Waals surface area contributed by atoms with Gasteiger partial charge >= 0.3 is 0 Å². The maximum absolute atomic E-state index is 13.9. The summed E-state index contributed by atoms with van der Waals surface area (Å²) in [6.07, 6.45) is 0.654. The van der Waals surface area contributed by atoms with Crippen LogP contribution < -0.4 is 10.1 Å². The number of ketones is 1. The molecule has 0 aliphatic heterocycles. The maximum Gasteiger partial charge on any atom is 0.159 e. The molecule has 3 aromatic rings. The molecule has 0 unspecified atom stereocenters. The number of anilines is 2. The highest BCUT2D eigenvalue weighted by Gasteiger charge is 2.16. The fourth-order valence-corrected chi connectivity index (χ4v) is 3.01. The number of rotatable bonds is 9. The van der Waals surface area contributed by atoms with E-state index in [4.69, 9.17) is 15.7 Å². The van der Waals surface area contributed by atoms with Gasteiger partial charge in [-0.3, -0.25) is 9.78 Å². The van der Waals surface area contributed by atoms with Crippen molar-refractivity contribution >= 4 is 28.1 Å². The predicted molar refractivity (Wildman–Crippen MR) is 128 cm³/mol. The van der Waals surface area contributed by atoms with E-state index < -0.39 is 37.7 Å². The monoisotopic (exact) mass is 454 g/mol. The van der Waals surface area contributed by atoms with Gasteiger partial charge in [0, 0.05) is 48.6 Å². The summed E-state index contributed by atoms with van der Waals surface area (Å²) in [5.41, 5.74) is 0.181. The van der Waals surface area contributed by atoms with Crippen molar-refractivity contribution in [3.05, 3.63) is 71.1 Å². The first-order valence-corrected chi connectivity index (χ1v) is 10.0. The zero-order chi connectivity index (χ0) is 30.9. The molecule has 0 atom stereocenters. The van der Waals surface area contributed by atoms with E-state index in [9.17, 15) is 14.4 Å². The van der Waals surface area contributed by atoms with E-state index in [-0.39, 0.29) is 52.2 Å². The van der Waals surface area contributed by atoms with E-state index >= 15 is 0 Å². The molecule has 3 rings (SSSR count). The molecule has 0 saturated heterocycles. The summed E-state index contributed by atoms with van der Waals surface area (Å²) in [5, 5.41) is 12.7. The Labute approximate surface area is 204 Å². The van der Waals surface area contributed by atoms with Crippen molar-refractivity contribution in [2.75, 3.05) is 32.4 Å². The number of nitrogens with zero attached hydrogens (tertiary/aromatic N) is 3. The van der Waals surface area contributed by atoms with E-state index in [1.807, 2.05) is 6.07 Å². The Kier molecular flexibility index (Phi) is 4.91. The first-order valence-electron chi connectivity index (χ1n) is 14.0. The number of allylic oxidation sites excluding steroid dienone is 1. The van der Waals surface area contributed by atoms with Gasteiger partial charge in [-0.05, 0) is 63.8 Å². The summed E-state index contributed by atoms with van der Waals surface area (Å²) in [7, 11) is 1.05. The van der Waals surface area contributed by atoms with Crippen LogP contribution in [0.3, 0.4) is 0 Å². The molecule has 1 heterocycles. The molecule has 0 bridgehead atoms. The van der Waals surface area contributed by atoms with Gasteiger partial charge in [0.1, 0.15) is 17.6 Å². The van der Waals surface area contributed by atoms with E-state index in [0.717, 1.165) is 19.2 Å². The Bertz CT molecular complexity index is 1590. The van der Waals surface area contributed by atoms with Crippen molar-refractivity contribution < 1.29 is 24.9 Å². The third kappa shape index (κ3) is 5.93. The van der Waals surface area contributed by atoms with Crippen LogP contribution in [0.5, 0.6) is 5.75 Å². The van der Waals surface area contributed by atoms with Gasteiger partial charge in [-0.15, -0.1) is 0 Å². The summed E-state index contributed by atoms with van der Waals surface area (Å²) in [5.74, 6) is -1.32. The molecule has 0 saturated carbocycles. The number of aryl methyl sites for hydroxylation is 1. The Morgan fingerprint density at radius 1 is 1.48 bits per heavy atom. The summed E-state index contributed by atoms with van der Waals surface area (Å²) >= 11 is 0. The lowest BCUT2D eigenvalue weighted by Gasteiger charge is -2.15. The van der Waals surface area contributed by atoms with Gasteiger partial charge < -0.3 is 15.0 Å². The third-order valence-corrected chi connectivity index (χ3v) is 4.51. The number of likely N-dealkylation sites (N-methyl/N-ethyl adjacent to an activating group) is 1. The summed E-state index contributed by atoms with van der Waals surface area (Å²) < 4.78 is 83.7. The van der Waals surface area contributed by atoms with Gasteiger partial charge in [-0.2, -0.15) is 5.26 Å². The van der Waals surface area contributed by atoms with Crippen molar-refractivity contribution in [1.82, 2.24) is 9.88 Å². The predicted octanol–water partition coefficient (Wildman–Crippen LogP) is 4.93. The number of hydrogen-bond acceptors (Lipinski definition) is 6. The lowest BCUT2D eigenvalue weighted by molar-refractivity contribution is -0.114. The van der Waals surface area contributed by atoms with E-state index in [2.05, 4.69) is 10.3 Å². The molecule has 0 spiro atoms. The molecule has 0 aliphatic rings. The van der Waals surface area contributed by atoms with Crippen LogP contribution in [0.25, 0.3) is 10.9 Å². The highest BCUT2D eigenvalue weighted by molar-refractivity contribution is 5.98. The minimum Gasteiger partial charge on any atom is -0.494 e. The zero-order valence-electron chi connectivity index (χ0n) is 26.3. The van der Waals surface area contributed by atoms with Crippen molar-refractivity contribution in [3.63, 3.8) is 0 Å². The van der Waals surface area contributed by atoms with Gasteiger partial charge in [0.2, 0.25) is 0 Å². The van der Waals surface area contributed by atoms with Crippen LogP contribution >= 0.6 is 0 Å². The van der Waals surface area contributed by atoms with Crippen LogP contribution in [0.2, 0.25) is 0 Å². The summed E-state index contributed by atoms with van der Waals surface area (Å²) in [6.45, 7) is -2.04. The van der Waals surface area contributed by atoms with E-state index in [1.54, 1.807) is 6.92 Å². The lowest BCUT2D eigenvalue weighted by atomic mass is 10.0. The second kappa shape index (κ2) is 10.7. The lowest BCUT2D eigenvalue weighted by Crippen LogP contribution is -2.11. The second-order valence-corrected chi connectivity index (χ2v) is 7.05.